The monoisotopic (exact) mass is 318 g/mol. The minimum absolute atomic E-state index is 0.110. The Hall–Kier alpha value is -1.86. The van der Waals surface area contributed by atoms with E-state index in [1.807, 2.05) is 13.0 Å². The molecule has 0 saturated carbocycles. The molecule has 0 aromatic carbocycles. The van der Waals surface area contributed by atoms with Crippen LogP contribution < -0.4 is 5.32 Å². The first-order valence-corrected chi connectivity index (χ1v) is 8.20. The second kappa shape index (κ2) is 6.93. The number of aryl methyl sites for hydroxylation is 1. The van der Waals surface area contributed by atoms with Gasteiger partial charge in [0, 0.05) is 18.7 Å². The number of carbonyl (C=O) groups is 1. The molecule has 116 valence electrons. The molecule has 0 bridgehead atoms. The Morgan fingerprint density at radius 2 is 2.41 bits per heavy atom. The Labute approximate surface area is 133 Å². The average molecular weight is 318 g/mol. The number of hydrogen-bond acceptors (Lipinski definition) is 6. The molecule has 0 spiro atoms. The van der Waals surface area contributed by atoms with Gasteiger partial charge in [0.25, 0.3) is 5.91 Å². The van der Waals surface area contributed by atoms with Crippen LogP contribution in [0.5, 0.6) is 0 Å². The molecule has 0 radical (unpaired) electrons. The first kappa shape index (κ1) is 15.1. The fraction of sp³-hybridized carbons (Fsp3) is 0.467. The summed E-state index contributed by atoms with van der Waals surface area (Å²) < 4.78 is 5.48. The normalized spacial score (nSPS) is 18.1. The van der Waals surface area contributed by atoms with Crippen LogP contribution in [0.4, 0.5) is 0 Å². The van der Waals surface area contributed by atoms with Crippen molar-refractivity contribution in [3.8, 4) is 0 Å². The summed E-state index contributed by atoms with van der Waals surface area (Å²) in [5.74, 6) is 0.953. The fourth-order valence-electron chi connectivity index (χ4n) is 2.42. The molecular weight excluding hydrogens is 300 g/mol. The molecule has 2 aromatic rings. The van der Waals surface area contributed by atoms with Gasteiger partial charge in [-0.25, -0.2) is 15.0 Å². The zero-order chi connectivity index (χ0) is 15.4. The van der Waals surface area contributed by atoms with E-state index in [2.05, 4.69) is 20.3 Å². The quantitative estimate of drug-likeness (QED) is 0.934. The van der Waals surface area contributed by atoms with Gasteiger partial charge in [0.1, 0.15) is 10.7 Å². The number of thiazole rings is 1. The topological polar surface area (TPSA) is 77.0 Å². The smallest absolute Gasteiger partial charge is 0.263 e. The standard InChI is InChI=1S/C15H18N4O2S/c1-10-13(22-9-18-10)15(20)17-7-12-4-5-16-14(19-12)11-3-2-6-21-8-11/h4-5,9,11H,2-3,6-8H2,1H3,(H,17,20)/t11-/m0/s1. The van der Waals surface area contributed by atoms with Crippen LogP contribution in [0.3, 0.4) is 0 Å². The van der Waals surface area contributed by atoms with Crippen molar-refractivity contribution in [2.75, 3.05) is 13.2 Å². The van der Waals surface area contributed by atoms with E-state index in [0.29, 0.717) is 18.0 Å². The Bertz CT molecular complexity index is 652. The van der Waals surface area contributed by atoms with Crippen LogP contribution in [0.1, 0.15) is 45.6 Å². The lowest BCUT2D eigenvalue weighted by molar-refractivity contribution is 0.0779. The summed E-state index contributed by atoms with van der Waals surface area (Å²) in [5.41, 5.74) is 3.24. The van der Waals surface area contributed by atoms with Crippen LogP contribution in [0.2, 0.25) is 0 Å². The van der Waals surface area contributed by atoms with Crippen molar-refractivity contribution >= 4 is 17.2 Å². The molecule has 3 rings (SSSR count). The maximum atomic E-state index is 12.1. The summed E-state index contributed by atoms with van der Waals surface area (Å²) in [5, 5.41) is 2.88. The maximum absolute atomic E-state index is 12.1. The molecule has 22 heavy (non-hydrogen) atoms. The molecule has 2 aromatic heterocycles. The largest absolute Gasteiger partial charge is 0.381 e. The minimum atomic E-state index is -0.110. The van der Waals surface area contributed by atoms with Gasteiger partial charge in [-0.2, -0.15) is 0 Å². The number of hydrogen-bond donors (Lipinski definition) is 1. The molecule has 0 unspecified atom stereocenters. The minimum Gasteiger partial charge on any atom is -0.381 e. The van der Waals surface area contributed by atoms with Gasteiger partial charge >= 0.3 is 0 Å². The number of carbonyl (C=O) groups excluding carboxylic acids is 1. The van der Waals surface area contributed by atoms with E-state index in [9.17, 15) is 4.79 Å². The van der Waals surface area contributed by atoms with E-state index < -0.39 is 0 Å². The molecule has 1 aliphatic heterocycles. The molecule has 1 saturated heterocycles. The molecule has 1 N–H and O–H groups in total. The molecular formula is C15H18N4O2S. The van der Waals surface area contributed by atoms with Crippen molar-refractivity contribution in [2.24, 2.45) is 0 Å². The van der Waals surface area contributed by atoms with Crippen LogP contribution in [0.15, 0.2) is 17.8 Å². The molecule has 7 heteroatoms. The zero-order valence-electron chi connectivity index (χ0n) is 12.4. The predicted molar refractivity (Wildman–Crippen MR) is 82.8 cm³/mol. The average Bonchev–Trinajstić information content (AvgIpc) is 3.00. The third kappa shape index (κ3) is 3.48. The van der Waals surface area contributed by atoms with Gasteiger partial charge in [0.15, 0.2) is 0 Å². The van der Waals surface area contributed by atoms with Crippen molar-refractivity contribution in [3.05, 3.63) is 39.9 Å². The Balaban J connectivity index is 1.63. The second-order valence-corrected chi connectivity index (χ2v) is 6.12. The summed E-state index contributed by atoms with van der Waals surface area (Å²) in [6, 6.07) is 1.83. The van der Waals surface area contributed by atoms with Gasteiger partial charge in [0.05, 0.1) is 30.1 Å². The summed E-state index contributed by atoms with van der Waals surface area (Å²) in [7, 11) is 0. The third-order valence-corrected chi connectivity index (χ3v) is 4.57. The highest BCUT2D eigenvalue weighted by Crippen LogP contribution is 2.22. The third-order valence-electron chi connectivity index (χ3n) is 3.64. The first-order chi connectivity index (χ1) is 10.7. The van der Waals surface area contributed by atoms with Crippen molar-refractivity contribution in [1.82, 2.24) is 20.3 Å². The van der Waals surface area contributed by atoms with E-state index in [1.165, 1.54) is 11.3 Å². The molecule has 1 fully saturated rings. The van der Waals surface area contributed by atoms with Gasteiger partial charge in [-0.15, -0.1) is 11.3 Å². The number of amides is 1. The molecule has 1 atom stereocenters. The molecule has 3 heterocycles. The summed E-state index contributed by atoms with van der Waals surface area (Å²) >= 11 is 1.35. The van der Waals surface area contributed by atoms with Crippen molar-refractivity contribution in [2.45, 2.75) is 32.2 Å². The lowest BCUT2D eigenvalue weighted by Gasteiger charge is -2.20. The fourth-order valence-corrected chi connectivity index (χ4v) is 3.14. The van der Waals surface area contributed by atoms with E-state index in [4.69, 9.17) is 4.74 Å². The highest BCUT2D eigenvalue weighted by molar-refractivity contribution is 7.11. The molecule has 1 aliphatic rings. The number of rotatable bonds is 4. The zero-order valence-corrected chi connectivity index (χ0v) is 13.2. The Morgan fingerprint density at radius 3 is 3.14 bits per heavy atom. The number of nitrogens with zero attached hydrogens (tertiary/aromatic N) is 3. The summed E-state index contributed by atoms with van der Waals surface area (Å²) in [6.45, 7) is 3.72. The van der Waals surface area contributed by atoms with Crippen molar-refractivity contribution < 1.29 is 9.53 Å². The number of aromatic nitrogens is 3. The van der Waals surface area contributed by atoms with Crippen LogP contribution >= 0.6 is 11.3 Å². The summed E-state index contributed by atoms with van der Waals surface area (Å²) in [4.78, 5) is 25.7. The lowest BCUT2D eigenvalue weighted by Crippen LogP contribution is -2.24. The van der Waals surface area contributed by atoms with Gasteiger partial charge in [-0.05, 0) is 25.8 Å². The van der Waals surface area contributed by atoms with E-state index in [0.717, 1.165) is 36.7 Å². The molecule has 6 nitrogen and oxygen atoms in total. The van der Waals surface area contributed by atoms with Crippen LogP contribution in [-0.2, 0) is 11.3 Å². The first-order valence-electron chi connectivity index (χ1n) is 7.32. The Morgan fingerprint density at radius 1 is 1.50 bits per heavy atom. The maximum Gasteiger partial charge on any atom is 0.263 e. The van der Waals surface area contributed by atoms with Crippen LogP contribution in [-0.4, -0.2) is 34.1 Å². The molecule has 1 amide bonds. The van der Waals surface area contributed by atoms with Crippen molar-refractivity contribution in [1.29, 1.82) is 0 Å². The molecule has 0 aliphatic carbocycles. The summed E-state index contributed by atoms with van der Waals surface area (Å²) in [6.07, 6.45) is 3.84. The number of nitrogens with one attached hydrogen (secondary N) is 1. The van der Waals surface area contributed by atoms with Crippen molar-refractivity contribution in [3.63, 3.8) is 0 Å². The van der Waals surface area contributed by atoms with Gasteiger partial charge in [0.2, 0.25) is 0 Å². The van der Waals surface area contributed by atoms with E-state index in [-0.39, 0.29) is 11.8 Å². The predicted octanol–water partition coefficient (Wildman–Crippen LogP) is 2.07. The van der Waals surface area contributed by atoms with Gasteiger partial charge in [-0.3, -0.25) is 4.79 Å². The SMILES string of the molecule is Cc1ncsc1C(=O)NCc1ccnc([C@H]2CCCOC2)n1. The van der Waals surface area contributed by atoms with Gasteiger partial charge < -0.3 is 10.1 Å². The van der Waals surface area contributed by atoms with Crippen LogP contribution in [0.25, 0.3) is 0 Å². The van der Waals surface area contributed by atoms with E-state index >= 15 is 0 Å². The Kier molecular flexibility index (Phi) is 4.74. The van der Waals surface area contributed by atoms with Crippen LogP contribution in [0, 0.1) is 6.92 Å². The highest BCUT2D eigenvalue weighted by atomic mass is 32.1. The van der Waals surface area contributed by atoms with Gasteiger partial charge in [-0.1, -0.05) is 0 Å². The highest BCUT2D eigenvalue weighted by Gasteiger charge is 2.19. The number of ether oxygens (including phenoxy) is 1. The lowest BCUT2D eigenvalue weighted by atomic mass is 10.0. The second-order valence-electron chi connectivity index (χ2n) is 5.27. The van der Waals surface area contributed by atoms with E-state index in [1.54, 1.807) is 11.7 Å².